The van der Waals surface area contributed by atoms with Gasteiger partial charge in [0.05, 0.1) is 10.9 Å². The van der Waals surface area contributed by atoms with Gasteiger partial charge in [-0.25, -0.2) is 17.9 Å². The molecular formula is C18H25NO5S. The minimum atomic E-state index is -3.19. The summed E-state index contributed by atoms with van der Waals surface area (Å²) in [6.45, 7) is 6.30. The zero-order chi connectivity index (χ0) is 17.8. The average Bonchev–Trinajstić information content (AvgIpc) is 3.45. The first-order valence-electron chi connectivity index (χ1n) is 9.04. The first-order valence-corrected chi connectivity index (χ1v) is 10.6. The fraction of sp³-hybridized carbons (Fsp3) is 0.722. The first kappa shape index (κ1) is 17.2. The zero-order valence-corrected chi connectivity index (χ0v) is 15.3. The fourth-order valence-corrected chi connectivity index (χ4v) is 5.35. The Kier molecular flexibility index (Phi) is 4.09. The second-order valence-electron chi connectivity index (χ2n) is 7.86. The van der Waals surface area contributed by atoms with Crippen molar-refractivity contribution in [2.75, 3.05) is 6.54 Å². The Labute approximate surface area is 148 Å². The molecule has 4 rings (SSSR count). The van der Waals surface area contributed by atoms with Crippen LogP contribution in [0.2, 0.25) is 0 Å². The molecule has 0 spiro atoms. The third-order valence-corrected chi connectivity index (χ3v) is 7.80. The zero-order valence-electron chi connectivity index (χ0n) is 14.5. The highest BCUT2D eigenvalue weighted by Crippen LogP contribution is 2.49. The summed E-state index contributed by atoms with van der Waals surface area (Å²) in [5.41, 5.74) is 1.32. The number of rotatable bonds is 4. The number of epoxide rings is 1. The van der Waals surface area contributed by atoms with Gasteiger partial charge in [-0.1, -0.05) is 18.2 Å². The van der Waals surface area contributed by atoms with Gasteiger partial charge in [0.25, 0.3) is 0 Å². The molecule has 0 aromatic heterocycles. The third kappa shape index (κ3) is 3.29. The number of allylic oxidation sites excluding steroid dienone is 1. The number of hydrogen-bond donors (Lipinski definition) is 1. The van der Waals surface area contributed by atoms with E-state index in [-0.39, 0.29) is 34.9 Å². The second kappa shape index (κ2) is 5.93. The largest absolute Gasteiger partial charge is 0.455 e. The molecule has 0 bridgehead atoms. The SMILES string of the molecule is C=C1C(=O)O[C@H]2[C@H]1CC/C(CNS(=O)(=O)C1CC1)=C\CC[C@@]1(C)O[C@@H]21. The van der Waals surface area contributed by atoms with Crippen molar-refractivity contribution in [1.29, 1.82) is 0 Å². The van der Waals surface area contributed by atoms with E-state index >= 15 is 0 Å². The summed E-state index contributed by atoms with van der Waals surface area (Å²) < 4.78 is 38.3. The molecule has 2 aliphatic carbocycles. The molecule has 0 amide bonds. The molecule has 4 atom stereocenters. The lowest BCUT2D eigenvalue weighted by atomic mass is 9.84. The molecule has 4 aliphatic rings. The van der Waals surface area contributed by atoms with Gasteiger partial charge < -0.3 is 9.47 Å². The number of nitrogens with one attached hydrogen (secondary N) is 1. The average molecular weight is 367 g/mol. The number of esters is 1. The molecule has 0 aromatic carbocycles. The summed E-state index contributed by atoms with van der Waals surface area (Å²) in [4.78, 5) is 11.9. The van der Waals surface area contributed by atoms with E-state index in [9.17, 15) is 13.2 Å². The third-order valence-electron chi connectivity index (χ3n) is 5.90. The Balaban J connectivity index is 1.48. The van der Waals surface area contributed by atoms with Crippen LogP contribution < -0.4 is 4.72 Å². The first-order chi connectivity index (χ1) is 11.8. The van der Waals surface area contributed by atoms with Gasteiger partial charge in [0.2, 0.25) is 10.0 Å². The van der Waals surface area contributed by atoms with Crippen molar-refractivity contribution >= 4 is 16.0 Å². The van der Waals surface area contributed by atoms with Gasteiger partial charge in [-0.3, -0.25) is 0 Å². The lowest BCUT2D eigenvalue weighted by Gasteiger charge is -2.20. The van der Waals surface area contributed by atoms with Crippen LogP contribution in [0.4, 0.5) is 0 Å². The molecular weight excluding hydrogens is 342 g/mol. The fourth-order valence-electron chi connectivity index (χ4n) is 3.97. The molecule has 1 N–H and O–H groups in total. The molecule has 25 heavy (non-hydrogen) atoms. The van der Waals surface area contributed by atoms with Crippen molar-refractivity contribution in [2.45, 2.75) is 68.5 Å². The van der Waals surface area contributed by atoms with E-state index in [0.717, 1.165) is 44.1 Å². The highest BCUT2D eigenvalue weighted by Gasteiger charge is 2.61. The molecule has 6 nitrogen and oxygen atoms in total. The highest BCUT2D eigenvalue weighted by molar-refractivity contribution is 7.90. The monoisotopic (exact) mass is 367 g/mol. The van der Waals surface area contributed by atoms with E-state index in [1.54, 1.807) is 0 Å². The van der Waals surface area contributed by atoms with Crippen LogP contribution in [0.15, 0.2) is 23.8 Å². The van der Waals surface area contributed by atoms with Crippen molar-refractivity contribution in [2.24, 2.45) is 5.92 Å². The van der Waals surface area contributed by atoms with Crippen LogP contribution in [0.25, 0.3) is 0 Å². The van der Waals surface area contributed by atoms with Crippen molar-refractivity contribution < 1.29 is 22.7 Å². The Hall–Kier alpha value is -1.18. The van der Waals surface area contributed by atoms with Gasteiger partial charge in [0.1, 0.15) is 12.2 Å². The molecule has 0 unspecified atom stereocenters. The summed E-state index contributed by atoms with van der Waals surface area (Å²) >= 11 is 0. The van der Waals surface area contributed by atoms with Crippen molar-refractivity contribution in [3.63, 3.8) is 0 Å². The number of ether oxygens (including phenoxy) is 2. The van der Waals surface area contributed by atoms with E-state index in [2.05, 4.69) is 24.3 Å². The maximum atomic E-state index is 12.1. The number of hydrogen-bond acceptors (Lipinski definition) is 5. The summed E-state index contributed by atoms with van der Waals surface area (Å²) in [6, 6.07) is 0. The Morgan fingerprint density at radius 1 is 1.36 bits per heavy atom. The molecule has 138 valence electrons. The van der Waals surface area contributed by atoms with Crippen molar-refractivity contribution in [3.8, 4) is 0 Å². The van der Waals surface area contributed by atoms with E-state index in [1.807, 2.05) is 0 Å². The van der Waals surface area contributed by atoms with Gasteiger partial charge in [0, 0.05) is 18.0 Å². The summed E-state index contributed by atoms with van der Waals surface area (Å²) in [5.74, 6) is -0.382. The maximum Gasteiger partial charge on any atom is 0.334 e. The van der Waals surface area contributed by atoms with E-state index < -0.39 is 10.0 Å². The molecule has 2 aliphatic heterocycles. The van der Waals surface area contributed by atoms with E-state index in [0.29, 0.717) is 12.1 Å². The standard InChI is InChI=1S/C18H25NO5S/c1-11-14-8-5-12(10-19-25(21,22)13-6-7-13)4-3-9-18(2)16(24-18)15(14)23-17(11)20/h4,13-16,19H,1,3,5-10H2,2H3/b12-4+/t14-,15-,16-,18+/m0/s1. The molecule has 1 saturated carbocycles. The predicted molar refractivity (Wildman–Crippen MR) is 92.3 cm³/mol. The van der Waals surface area contributed by atoms with Crippen LogP contribution in [0.3, 0.4) is 0 Å². The Morgan fingerprint density at radius 3 is 2.84 bits per heavy atom. The number of carbonyl (C=O) groups excluding carboxylic acids is 1. The maximum absolute atomic E-state index is 12.1. The lowest BCUT2D eigenvalue weighted by Crippen LogP contribution is -2.31. The highest BCUT2D eigenvalue weighted by atomic mass is 32.2. The summed E-state index contributed by atoms with van der Waals surface area (Å²) in [6.07, 6.45) is 6.46. The Bertz CT molecular complexity index is 739. The Morgan fingerprint density at radius 2 is 2.12 bits per heavy atom. The quantitative estimate of drug-likeness (QED) is 0.355. The second-order valence-corrected chi connectivity index (χ2v) is 9.90. The number of carbonyl (C=O) groups is 1. The normalized spacial score (nSPS) is 40.5. The number of sulfonamides is 1. The smallest absolute Gasteiger partial charge is 0.334 e. The molecule has 2 heterocycles. The van der Waals surface area contributed by atoms with Crippen LogP contribution >= 0.6 is 0 Å². The van der Waals surface area contributed by atoms with E-state index in [1.165, 1.54) is 0 Å². The minimum Gasteiger partial charge on any atom is -0.455 e. The van der Waals surface area contributed by atoms with Gasteiger partial charge >= 0.3 is 5.97 Å². The summed E-state index contributed by atoms with van der Waals surface area (Å²) in [5, 5.41) is -0.211. The topological polar surface area (TPSA) is 85.0 Å². The molecule has 7 heteroatoms. The molecule has 3 fully saturated rings. The van der Waals surface area contributed by atoms with Crippen LogP contribution in [0.1, 0.15) is 45.4 Å². The van der Waals surface area contributed by atoms with Gasteiger partial charge in [0.15, 0.2) is 0 Å². The van der Waals surface area contributed by atoms with Crippen LogP contribution in [-0.2, 0) is 24.3 Å². The van der Waals surface area contributed by atoms with Gasteiger partial charge in [-0.15, -0.1) is 0 Å². The van der Waals surface area contributed by atoms with Gasteiger partial charge in [-0.05, 0) is 45.4 Å². The summed E-state index contributed by atoms with van der Waals surface area (Å²) in [7, 11) is -3.19. The van der Waals surface area contributed by atoms with Gasteiger partial charge in [-0.2, -0.15) is 0 Å². The van der Waals surface area contributed by atoms with Crippen LogP contribution in [-0.4, -0.2) is 44.0 Å². The molecule has 0 radical (unpaired) electrons. The van der Waals surface area contributed by atoms with Crippen molar-refractivity contribution in [1.82, 2.24) is 4.72 Å². The number of fused-ring (bicyclic) bond motifs is 3. The van der Waals surface area contributed by atoms with Crippen LogP contribution in [0.5, 0.6) is 0 Å². The molecule has 2 saturated heterocycles. The predicted octanol–water partition coefficient (Wildman–Crippen LogP) is 1.82. The molecule has 0 aromatic rings. The van der Waals surface area contributed by atoms with Crippen molar-refractivity contribution in [3.05, 3.63) is 23.8 Å². The van der Waals surface area contributed by atoms with Crippen LogP contribution in [0, 0.1) is 5.92 Å². The lowest BCUT2D eigenvalue weighted by molar-refractivity contribution is -0.140. The van der Waals surface area contributed by atoms with E-state index in [4.69, 9.17) is 9.47 Å². The minimum absolute atomic E-state index is 0.0518.